The van der Waals surface area contributed by atoms with Gasteiger partial charge in [-0.25, -0.2) is 14.1 Å². The number of hydrogen-bond donors (Lipinski definition) is 0. The first kappa shape index (κ1) is 23.8. The van der Waals surface area contributed by atoms with Gasteiger partial charge in [0.1, 0.15) is 6.61 Å². The van der Waals surface area contributed by atoms with E-state index >= 15 is 0 Å². The molecule has 1 aliphatic heterocycles. The van der Waals surface area contributed by atoms with E-state index in [0.717, 1.165) is 40.9 Å². The Morgan fingerprint density at radius 2 is 1.76 bits per heavy atom. The number of rotatable bonds is 6. The third-order valence-corrected chi connectivity index (χ3v) is 6.83. The standard InChI is InChI=1S/C27H33N3O4/c1-5-33-26(31)24-20(4)25(30-23(24)12-11-18(2)28-30)19(3)22-13-15-29(16-14-22)27(32)34-17-21-9-7-6-8-10-21/h6-12,19,22H,5,13-17H2,1-4H3. The van der Waals surface area contributed by atoms with Crippen molar-refractivity contribution in [2.75, 3.05) is 19.7 Å². The molecule has 1 amide bonds. The summed E-state index contributed by atoms with van der Waals surface area (Å²) < 4.78 is 12.8. The molecular weight excluding hydrogens is 430 g/mol. The van der Waals surface area contributed by atoms with Crippen LogP contribution in [-0.2, 0) is 16.1 Å². The Kier molecular flexibility index (Phi) is 7.20. The van der Waals surface area contributed by atoms with Crippen LogP contribution in [0.1, 0.15) is 65.5 Å². The van der Waals surface area contributed by atoms with Crippen LogP contribution in [0.4, 0.5) is 4.79 Å². The summed E-state index contributed by atoms with van der Waals surface area (Å²) in [6.07, 6.45) is 1.48. The molecule has 1 atom stereocenters. The van der Waals surface area contributed by atoms with E-state index in [1.807, 2.05) is 67.8 Å². The van der Waals surface area contributed by atoms with Crippen molar-refractivity contribution in [3.05, 3.63) is 70.5 Å². The number of aryl methyl sites for hydroxylation is 1. The number of carbonyl (C=O) groups excluding carboxylic acids is 2. The minimum atomic E-state index is -0.308. The molecule has 0 radical (unpaired) electrons. The fourth-order valence-corrected chi connectivity index (χ4v) is 4.98. The van der Waals surface area contributed by atoms with Gasteiger partial charge in [-0.15, -0.1) is 0 Å². The molecule has 1 unspecified atom stereocenters. The molecule has 0 aliphatic carbocycles. The summed E-state index contributed by atoms with van der Waals surface area (Å²) in [4.78, 5) is 27.1. The van der Waals surface area contributed by atoms with Crippen molar-refractivity contribution >= 4 is 17.6 Å². The Bertz CT molecular complexity index is 1160. The van der Waals surface area contributed by atoms with Crippen molar-refractivity contribution < 1.29 is 19.1 Å². The molecule has 3 heterocycles. The number of amides is 1. The van der Waals surface area contributed by atoms with E-state index in [9.17, 15) is 9.59 Å². The van der Waals surface area contributed by atoms with Gasteiger partial charge in [0.15, 0.2) is 0 Å². The summed E-state index contributed by atoms with van der Waals surface area (Å²) in [5, 5.41) is 4.74. The normalized spacial score (nSPS) is 15.4. The smallest absolute Gasteiger partial charge is 0.410 e. The minimum absolute atomic E-state index is 0.174. The molecule has 0 spiro atoms. The van der Waals surface area contributed by atoms with Gasteiger partial charge in [-0.2, -0.15) is 5.10 Å². The maximum Gasteiger partial charge on any atom is 0.410 e. The van der Waals surface area contributed by atoms with Crippen LogP contribution in [0.5, 0.6) is 0 Å². The van der Waals surface area contributed by atoms with E-state index in [1.54, 1.807) is 4.90 Å². The zero-order valence-corrected chi connectivity index (χ0v) is 20.4. The highest BCUT2D eigenvalue weighted by molar-refractivity contribution is 5.99. The number of ether oxygens (including phenoxy) is 2. The third kappa shape index (κ3) is 4.79. The fraction of sp³-hybridized carbons (Fsp3) is 0.444. The third-order valence-electron chi connectivity index (χ3n) is 6.83. The summed E-state index contributed by atoms with van der Waals surface area (Å²) in [7, 11) is 0. The van der Waals surface area contributed by atoms with Crippen LogP contribution in [0, 0.1) is 19.8 Å². The van der Waals surface area contributed by atoms with Crippen LogP contribution in [-0.4, -0.2) is 46.3 Å². The maximum absolute atomic E-state index is 12.7. The van der Waals surface area contributed by atoms with Crippen LogP contribution in [0.2, 0.25) is 0 Å². The molecular formula is C27H33N3O4. The predicted molar refractivity (Wildman–Crippen MR) is 130 cm³/mol. The molecule has 1 aromatic carbocycles. The lowest BCUT2D eigenvalue weighted by Gasteiger charge is -2.34. The molecule has 1 saturated heterocycles. The van der Waals surface area contributed by atoms with E-state index in [1.165, 1.54) is 0 Å². The van der Waals surface area contributed by atoms with Gasteiger partial charge < -0.3 is 14.4 Å². The molecule has 1 fully saturated rings. The van der Waals surface area contributed by atoms with Gasteiger partial charge in [-0.05, 0) is 62.8 Å². The summed E-state index contributed by atoms with van der Waals surface area (Å²) in [6.45, 7) is 9.87. The van der Waals surface area contributed by atoms with Gasteiger partial charge >= 0.3 is 12.1 Å². The molecule has 1 aliphatic rings. The summed E-state index contributed by atoms with van der Waals surface area (Å²) in [6, 6.07) is 13.6. The second-order valence-electron chi connectivity index (χ2n) is 9.03. The first-order valence-corrected chi connectivity index (χ1v) is 12.0. The first-order chi connectivity index (χ1) is 16.4. The van der Waals surface area contributed by atoms with Gasteiger partial charge in [-0.3, -0.25) is 0 Å². The van der Waals surface area contributed by atoms with Gasteiger partial charge in [0.05, 0.1) is 23.4 Å². The lowest BCUT2D eigenvalue weighted by Crippen LogP contribution is -2.40. The number of aromatic nitrogens is 2. The zero-order valence-electron chi connectivity index (χ0n) is 20.4. The van der Waals surface area contributed by atoms with E-state index in [-0.39, 0.29) is 24.6 Å². The molecule has 0 bridgehead atoms. The Morgan fingerprint density at radius 3 is 2.44 bits per heavy atom. The first-order valence-electron chi connectivity index (χ1n) is 12.0. The van der Waals surface area contributed by atoms with E-state index in [2.05, 4.69) is 6.92 Å². The molecule has 7 nitrogen and oxygen atoms in total. The van der Waals surface area contributed by atoms with Crippen molar-refractivity contribution in [3.8, 4) is 0 Å². The van der Waals surface area contributed by atoms with Gasteiger partial charge in [0, 0.05) is 24.7 Å². The number of piperidine rings is 1. The Balaban J connectivity index is 1.47. The van der Waals surface area contributed by atoms with Crippen molar-refractivity contribution in [2.24, 2.45) is 5.92 Å². The SMILES string of the molecule is CCOC(=O)c1c(C)c(C(C)C2CCN(C(=O)OCc3ccccc3)CC2)n2nc(C)ccc12. The molecule has 0 saturated carbocycles. The average molecular weight is 464 g/mol. The molecule has 4 rings (SSSR count). The van der Waals surface area contributed by atoms with Crippen molar-refractivity contribution in [1.82, 2.24) is 14.5 Å². The number of benzene rings is 1. The van der Waals surface area contributed by atoms with Crippen molar-refractivity contribution in [1.29, 1.82) is 0 Å². The molecule has 7 heteroatoms. The topological polar surface area (TPSA) is 73.1 Å². The molecule has 34 heavy (non-hydrogen) atoms. The van der Waals surface area contributed by atoms with Crippen molar-refractivity contribution in [3.63, 3.8) is 0 Å². The van der Waals surface area contributed by atoms with E-state index in [4.69, 9.17) is 14.6 Å². The highest BCUT2D eigenvalue weighted by Crippen LogP contribution is 2.37. The second kappa shape index (κ2) is 10.3. The van der Waals surface area contributed by atoms with Crippen LogP contribution >= 0.6 is 0 Å². The molecule has 2 aromatic heterocycles. The summed E-state index contributed by atoms with van der Waals surface area (Å²) >= 11 is 0. The quantitative estimate of drug-likeness (QED) is 0.465. The van der Waals surface area contributed by atoms with Crippen LogP contribution in [0.3, 0.4) is 0 Å². The van der Waals surface area contributed by atoms with Gasteiger partial charge in [0.25, 0.3) is 0 Å². The van der Waals surface area contributed by atoms with E-state index < -0.39 is 0 Å². The zero-order chi connectivity index (χ0) is 24.2. The maximum atomic E-state index is 12.7. The number of carbonyl (C=O) groups is 2. The number of hydrogen-bond acceptors (Lipinski definition) is 5. The molecule has 180 valence electrons. The highest BCUT2D eigenvalue weighted by atomic mass is 16.6. The Hall–Kier alpha value is -3.35. The number of likely N-dealkylation sites (tertiary alicyclic amines) is 1. The lowest BCUT2D eigenvalue weighted by molar-refractivity contribution is 0.0527. The number of nitrogens with zero attached hydrogens (tertiary/aromatic N) is 3. The monoisotopic (exact) mass is 463 g/mol. The summed E-state index contributed by atoms with van der Waals surface area (Å²) in [5.41, 5.74) is 5.22. The van der Waals surface area contributed by atoms with Crippen LogP contribution in [0.25, 0.3) is 5.52 Å². The minimum Gasteiger partial charge on any atom is -0.462 e. The highest BCUT2D eigenvalue weighted by Gasteiger charge is 2.32. The summed E-state index contributed by atoms with van der Waals surface area (Å²) in [5.74, 6) is 0.234. The van der Waals surface area contributed by atoms with Crippen molar-refractivity contribution in [2.45, 2.75) is 53.1 Å². The largest absolute Gasteiger partial charge is 0.462 e. The van der Waals surface area contributed by atoms with Gasteiger partial charge in [-0.1, -0.05) is 37.3 Å². The lowest BCUT2D eigenvalue weighted by atomic mass is 9.82. The second-order valence-corrected chi connectivity index (χ2v) is 9.03. The Labute approximate surface area is 200 Å². The number of esters is 1. The Morgan fingerprint density at radius 1 is 1.06 bits per heavy atom. The fourth-order valence-electron chi connectivity index (χ4n) is 4.98. The predicted octanol–water partition coefficient (Wildman–Crippen LogP) is 5.28. The van der Waals surface area contributed by atoms with Crippen LogP contribution < -0.4 is 0 Å². The van der Waals surface area contributed by atoms with E-state index in [0.29, 0.717) is 31.2 Å². The molecule has 3 aromatic rings. The van der Waals surface area contributed by atoms with Gasteiger partial charge in [0.2, 0.25) is 0 Å². The molecule has 0 N–H and O–H groups in total. The number of fused-ring (bicyclic) bond motifs is 1. The van der Waals surface area contributed by atoms with Crippen LogP contribution in [0.15, 0.2) is 42.5 Å². The average Bonchev–Trinajstić information content (AvgIpc) is 3.13.